The molecule has 4 aromatic rings. The first-order valence-corrected chi connectivity index (χ1v) is 9.06. The van der Waals surface area contributed by atoms with Crippen molar-refractivity contribution in [3.8, 4) is 17.2 Å². The lowest BCUT2D eigenvalue weighted by atomic mass is 10.1. The third-order valence-corrected chi connectivity index (χ3v) is 4.71. The van der Waals surface area contributed by atoms with Crippen molar-refractivity contribution in [3.63, 3.8) is 0 Å². The van der Waals surface area contributed by atoms with Crippen molar-refractivity contribution in [2.45, 2.75) is 6.92 Å². The van der Waals surface area contributed by atoms with Crippen LogP contribution in [0.3, 0.4) is 0 Å². The smallest absolute Gasteiger partial charge is 0.273 e. The van der Waals surface area contributed by atoms with E-state index in [0.29, 0.717) is 39.6 Å². The highest BCUT2D eigenvalue weighted by molar-refractivity contribution is 6.06. The molecule has 1 amide bonds. The lowest BCUT2D eigenvalue weighted by Gasteiger charge is -2.08. The van der Waals surface area contributed by atoms with E-state index >= 15 is 0 Å². The number of rotatable bonds is 5. The molecule has 0 aliphatic rings. The van der Waals surface area contributed by atoms with Crippen LogP contribution in [-0.4, -0.2) is 22.9 Å². The summed E-state index contributed by atoms with van der Waals surface area (Å²) in [5.41, 5.74) is 2.92. The van der Waals surface area contributed by atoms with Crippen molar-refractivity contribution in [1.29, 1.82) is 0 Å². The van der Waals surface area contributed by atoms with E-state index in [1.807, 2.05) is 6.07 Å². The average molecular weight is 403 g/mol. The van der Waals surface area contributed by atoms with Gasteiger partial charge in [-0.05, 0) is 43.3 Å². The molecule has 0 aliphatic carbocycles. The van der Waals surface area contributed by atoms with Gasteiger partial charge in [0.15, 0.2) is 5.58 Å². The van der Waals surface area contributed by atoms with Crippen molar-refractivity contribution in [2.24, 2.45) is 0 Å². The standard InChI is InChI=1S/C22H17N3O5/c1-13-17(7-4-8-19(13)25(27)28)21(26)23-15-6-3-5-14(11-15)22-24-18-12-16(29-2)9-10-20(18)30-22/h3-12H,1-2H3,(H,23,26). The number of oxazole rings is 1. The Bertz CT molecular complexity index is 1280. The van der Waals surface area contributed by atoms with Gasteiger partial charge in [-0.2, -0.15) is 0 Å². The predicted octanol–water partition coefficient (Wildman–Crippen LogP) is 4.97. The predicted molar refractivity (Wildman–Crippen MR) is 112 cm³/mol. The highest BCUT2D eigenvalue weighted by Crippen LogP contribution is 2.29. The first-order chi connectivity index (χ1) is 14.5. The summed E-state index contributed by atoms with van der Waals surface area (Å²) < 4.78 is 11.0. The Balaban J connectivity index is 1.62. The quantitative estimate of drug-likeness (QED) is 0.372. The van der Waals surface area contributed by atoms with Crippen LogP contribution in [0.5, 0.6) is 5.75 Å². The summed E-state index contributed by atoms with van der Waals surface area (Å²) in [6, 6.07) is 16.8. The number of nitrogens with one attached hydrogen (secondary N) is 1. The number of carbonyl (C=O) groups is 1. The molecule has 0 radical (unpaired) electrons. The maximum atomic E-state index is 12.7. The molecule has 150 valence electrons. The number of anilines is 1. The molecule has 0 unspecified atom stereocenters. The van der Waals surface area contributed by atoms with E-state index in [-0.39, 0.29) is 11.3 Å². The second-order valence-corrected chi connectivity index (χ2v) is 6.59. The fourth-order valence-corrected chi connectivity index (χ4v) is 3.15. The maximum Gasteiger partial charge on any atom is 0.273 e. The zero-order valence-corrected chi connectivity index (χ0v) is 16.2. The molecule has 4 rings (SSSR count). The minimum Gasteiger partial charge on any atom is -0.497 e. The molecule has 1 N–H and O–H groups in total. The van der Waals surface area contributed by atoms with E-state index < -0.39 is 10.8 Å². The zero-order chi connectivity index (χ0) is 21.3. The van der Waals surface area contributed by atoms with Crippen LogP contribution in [-0.2, 0) is 0 Å². The number of aromatic nitrogens is 1. The van der Waals surface area contributed by atoms with E-state index in [0.717, 1.165) is 0 Å². The molecule has 0 atom stereocenters. The first-order valence-electron chi connectivity index (χ1n) is 9.06. The van der Waals surface area contributed by atoms with E-state index in [1.165, 1.54) is 12.1 Å². The van der Waals surface area contributed by atoms with Gasteiger partial charge < -0.3 is 14.5 Å². The highest BCUT2D eigenvalue weighted by atomic mass is 16.6. The molecule has 0 aliphatic heterocycles. The Labute approximate surface area is 171 Å². The minimum atomic E-state index is -0.505. The van der Waals surface area contributed by atoms with Gasteiger partial charge in [0.25, 0.3) is 11.6 Å². The van der Waals surface area contributed by atoms with Crippen LogP contribution in [0, 0.1) is 17.0 Å². The van der Waals surface area contributed by atoms with Gasteiger partial charge in [-0.25, -0.2) is 4.98 Å². The molecule has 8 nitrogen and oxygen atoms in total. The number of amides is 1. The number of fused-ring (bicyclic) bond motifs is 1. The van der Waals surface area contributed by atoms with Crippen molar-refractivity contribution < 1.29 is 18.9 Å². The van der Waals surface area contributed by atoms with Crippen LogP contribution in [0.25, 0.3) is 22.6 Å². The van der Waals surface area contributed by atoms with Crippen LogP contribution in [0.2, 0.25) is 0 Å². The summed E-state index contributed by atoms with van der Waals surface area (Å²) in [6.07, 6.45) is 0. The lowest BCUT2D eigenvalue weighted by molar-refractivity contribution is -0.385. The molecular weight excluding hydrogens is 386 g/mol. The van der Waals surface area contributed by atoms with Gasteiger partial charge in [0.1, 0.15) is 11.3 Å². The maximum absolute atomic E-state index is 12.7. The van der Waals surface area contributed by atoms with E-state index in [9.17, 15) is 14.9 Å². The normalized spacial score (nSPS) is 10.7. The van der Waals surface area contributed by atoms with E-state index in [1.54, 1.807) is 56.5 Å². The van der Waals surface area contributed by atoms with Crippen LogP contribution < -0.4 is 10.1 Å². The SMILES string of the molecule is COc1ccc2oc(-c3cccc(NC(=O)c4cccc([N+](=O)[O-])c4C)c3)nc2c1. The van der Waals surface area contributed by atoms with Crippen LogP contribution in [0.4, 0.5) is 11.4 Å². The van der Waals surface area contributed by atoms with E-state index in [4.69, 9.17) is 9.15 Å². The van der Waals surface area contributed by atoms with Crippen molar-refractivity contribution in [2.75, 3.05) is 12.4 Å². The molecule has 0 spiro atoms. The Morgan fingerprint density at radius 3 is 2.70 bits per heavy atom. The average Bonchev–Trinajstić information content (AvgIpc) is 3.17. The lowest BCUT2D eigenvalue weighted by Crippen LogP contribution is -2.14. The van der Waals surface area contributed by atoms with Gasteiger partial charge in [-0.15, -0.1) is 0 Å². The first kappa shape index (κ1) is 19.1. The monoisotopic (exact) mass is 403 g/mol. The Morgan fingerprint density at radius 2 is 1.93 bits per heavy atom. The van der Waals surface area contributed by atoms with Crippen molar-refractivity contribution >= 4 is 28.4 Å². The van der Waals surface area contributed by atoms with Crippen molar-refractivity contribution in [1.82, 2.24) is 4.98 Å². The minimum absolute atomic E-state index is 0.0988. The fourth-order valence-electron chi connectivity index (χ4n) is 3.15. The van der Waals surface area contributed by atoms with Gasteiger partial charge in [-0.3, -0.25) is 14.9 Å². The Hall–Kier alpha value is -4.20. The van der Waals surface area contributed by atoms with E-state index in [2.05, 4.69) is 10.3 Å². The number of nitro groups is 1. The summed E-state index contributed by atoms with van der Waals surface area (Å²) in [7, 11) is 1.58. The molecular formula is C22H17N3O5. The third-order valence-electron chi connectivity index (χ3n) is 4.71. The summed E-state index contributed by atoms with van der Waals surface area (Å²) in [5, 5.41) is 13.9. The molecule has 1 aromatic heterocycles. The molecule has 30 heavy (non-hydrogen) atoms. The number of methoxy groups -OCH3 is 1. The zero-order valence-electron chi connectivity index (χ0n) is 16.2. The Morgan fingerprint density at radius 1 is 1.13 bits per heavy atom. The van der Waals surface area contributed by atoms with Gasteiger partial charge in [0, 0.05) is 34.5 Å². The second kappa shape index (κ2) is 7.67. The summed E-state index contributed by atoms with van der Waals surface area (Å²) >= 11 is 0. The number of nitro benzene ring substituents is 1. The summed E-state index contributed by atoms with van der Waals surface area (Å²) in [6.45, 7) is 1.55. The largest absolute Gasteiger partial charge is 0.497 e. The number of ether oxygens (including phenoxy) is 1. The third kappa shape index (κ3) is 3.58. The molecule has 0 saturated heterocycles. The number of carbonyl (C=O) groups excluding carboxylic acids is 1. The topological polar surface area (TPSA) is 108 Å². The van der Waals surface area contributed by atoms with Crippen LogP contribution in [0.15, 0.2) is 65.1 Å². The number of hydrogen-bond donors (Lipinski definition) is 1. The molecule has 0 bridgehead atoms. The molecule has 1 heterocycles. The fraction of sp³-hybridized carbons (Fsp3) is 0.0909. The number of nitrogens with zero attached hydrogens (tertiary/aromatic N) is 2. The van der Waals surface area contributed by atoms with Crippen LogP contribution in [0.1, 0.15) is 15.9 Å². The van der Waals surface area contributed by atoms with Crippen LogP contribution >= 0.6 is 0 Å². The highest BCUT2D eigenvalue weighted by Gasteiger charge is 2.18. The molecule has 0 fully saturated rings. The second-order valence-electron chi connectivity index (χ2n) is 6.59. The van der Waals surface area contributed by atoms with Gasteiger partial charge >= 0.3 is 0 Å². The van der Waals surface area contributed by atoms with Crippen molar-refractivity contribution in [3.05, 3.63) is 81.9 Å². The summed E-state index contributed by atoms with van der Waals surface area (Å²) in [5.74, 6) is 0.646. The molecule has 8 heteroatoms. The molecule has 0 saturated carbocycles. The number of benzene rings is 3. The summed E-state index contributed by atoms with van der Waals surface area (Å²) in [4.78, 5) is 27.8. The molecule has 3 aromatic carbocycles. The van der Waals surface area contributed by atoms with Gasteiger partial charge in [-0.1, -0.05) is 12.1 Å². The Kier molecular flexibility index (Phi) is 4.89. The van der Waals surface area contributed by atoms with Gasteiger partial charge in [0.2, 0.25) is 5.89 Å². The van der Waals surface area contributed by atoms with Gasteiger partial charge in [0.05, 0.1) is 12.0 Å². The number of hydrogen-bond acceptors (Lipinski definition) is 6.